The predicted molar refractivity (Wildman–Crippen MR) is 83.3 cm³/mol. The third kappa shape index (κ3) is 3.30. The molecule has 1 aliphatic heterocycles. The van der Waals surface area contributed by atoms with Crippen LogP contribution in [0.5, 0.6) is 0 Å². The highest BCUT2D eigenvalue weighted by Gasteiger charge is 2.27. The number of imidazole rings is 1. The van der Waals surface area contributed by atoms with E-state index in [1.165, 1.54) is 16.7 Å². The van der Waals surface area contributed by atoms with Crippen molar-refractivity contribution in [2.45, 2.75) is 46.0 Å². The second-order valence-electron chi connectivity index (χ2n) is 6.67. The Morgan fingerprint density at radius 3 is 2.73 bits per heavy atom. The van der Waals surface area contributed by atoms with Gasteiger partial charge in [0.05, 0.1) is 6.33 Å². The third-order valence-electron chi connectivity index (χ3n) is 3.57. The first-order valence-electron chi connectivity index (χ1n) is 7.45. The summed E-state index contributed by atoms with van der Waals surface area (Å²) in [5, 5.41) is 0. The lowest BCUT2D eigenvalue weighted by atomic mass is 10.1. The summed E-state index contributed by atoms with van der Waals surface area (Å²) < 4.78 is 7.47. The first-order valence-corrected chi connectivity index (χ1v) is 7.45. The van der Waals surface area contributed by atoms with E-state index >= 15 is 0 Å². The van der Waals surface area contributed by atoms with Crippen LogP contribution < -0.4 is 0 Å². The number of carbonyl (C=O) groups excluding carboxylic acids is 1. The second kappa shape index (κ2) is 5.48. The maximum atomic E-state index is 12.2. The number of nitrogens with zero attached hydrogens (tertiary/aromatic N) is 3. The molecule has 5 nitrogen and oxygen atoms in total. The normalized spacial score (nSPS) is 14.0. The number of carbonyl (C=O) groups is 1. The maximum absolute atomic E-state index is 12.2. The minimum absolute atomic E-state index is 0.250. The average Bonchev–Trinajstić information content (AvgIpc) is 3.05. The number of benzene rings is 1. The number of aromatic nitrogens is 2. The van der Waals surface area contributed by atoms with E-state index in [4.69, 9.17) is 4.74 Å². The van der Waals surface area contributed by atoms with Crippen LogP contribution in [0.2, 0.25) is 0 Å². The van der Waals surface area contributed by atoms with Crippen molar-refractivity contribution >= 4 is 6.09 Å². The minimum atomic E-state index is -0.460. The largest absolute Gasteiger partial charge is 0.444 e. The summed E-state index contributed by atoms with van der Waals surface area (Å²) in [6.07, 6.45) is 5.28. The van der Waals surface area contributed by atoms with E-state index in [1.807, 2.05) is 31.5 Å². The zero-order valence-corrected chi connectivity index (χ0v) is 13.2. The van der Waals surface area contributed by atoms with Gasteiger partial charge in [-0.25, -0.2) is 9.78 Å². The minimum Gasteiger partial charge on any atom is -0.444 e. The number of rotatable bonds is 2. The molecule has 0 aliphatic carbocycles. The first kappa shape index (κ1) is 14.6. The number of hydrogen-bond acceptors (Lipinski definition) is 3. The molecular formula is C17H21N3O2. The van der Waals surface area contributed by atoms with E-state index in [0.29, 0.717) is 13.1 Å². The molecule has 0 bridgehead atoms. The van der Waals surface area contributed by atoms with Crippen LogP contribution in [0.25, 0.3) is 0 Å². The molecule has 1 amide bonds. The van der Waals surface area contributed by atoms with Gasteiger partial charge in [0, 0.05) is 32.0 Å². The van der Waals surface area contributed by atoms with Gasteiger partial charge in [-0.1, -0.05) is 18.2 Å². The molecule has 5 heteroatoms. The first-order chi connectivity index (χ1) is 10.4. The Bertz CT molecular complexity index is 672. The molecule has 0 radical (unpaired) electrons. The molecule has 2 heterocycles. The summed E-state index contributed by atoms with van der Waals surface area (Å²) in [5.74, 6) is 0. The molecule has 0 saturated heterocycles. The van der Waals surface area contributed by atoms with Crippen LogP contribution in [0.1, 0.15) is 37.5 Å². The van der Waals surface area contributed by atoms with Crippen molar-refractivity contribution in [2.24, 2.45) is 0 Å². The van der Waals surface area contributed by atoms with Crippen LogP contribution in [-0.4, -0.2) is 26.1 Å². The van der Waals surface area contributed by atoms with Crippen LogP contribution in [-0.2, 0) is 24.4 Å². The lowest BCUT2D eigenvalue weighted by Crippen LogP contribution is -2.33. The van der Waals surface area contributed by atoms with Crippen LogP contribution in [0.3, 0.4) is 0 Å². The van der Waals surface area contributed by atoms with Crippen molar-refractivity contribution in [1.29, 1.82) is 0 Å². The second-order valence-corrected chi connectivity index (χ2v) is 6.67. The number of hydrogen-bond donors (Lipinski definition) is 0. The molecule has 0 unspecified atom stereocenters. The van der Waals surface area contributed by atoms with Crippen LogP contribution in [0.15, 0.2) is 36.9 Å². The van der Waals surface area contributed by atoms with Crippen molar-refractivity contribution < 1.29 is 9.53 Å². The fourth-order valence-electron chi connectivity index (χ4n) is 2.59. The van der Waals surface area contributed by atoms with E-state index < -0.39 is 5.60 Å². The molecule has 0 spiro atoms. The fraction of sp³-hybridized carbons (Fsp3) is 0.412. The highest BCUT2D eigenvalue weighted by Crippen LogP contribution is 2.25. The van der Waals surface area contributed by atoms with Crippen molar-refractivity contribution in [1.82, 2.24) is 14.5 Å². The van der Waals surface area contributed by atoms with E-state index in [9.17, 15) is 4.79 Å². The van der Waals surface area contributed by atoms with E-state index in [2.05, 4.69) is 23.2 Å². The summed E-state index contributed by atoms with van der Waals surface area (Å²) in [7, 11) is 0. The molecule has 3 rings (SSSR count). The van der Waals surface area contributed by atoms with Gasteiger partial charge in [0.15, 0.2) is 0 Å². The monoisotopic (exact) mass is 299 g/mol. The Balaban J connectivity index is 1.70. The summed E-state index contributed by atoms with van der Waals surface area (Å²) in [6, 6.07) is 6.38. The molecule has 22 heavy (non-hydrogen) atoms. The Morgan fingerprint density at radius 2 is 2.05 bits per heavy atom. The lowest BCUT2D eigenvalue weighted by molar-refractivity contribution is 0.0242. The van der Waals surface area contributed by atoms with Gasteiger partial charge in [-0.3, -0.25) is 4.90 Å². The van der Waals surface area contributed by atoms with Gasteiger partial charge in [0.1, 0.15) is 5.60 Å². The quantitative estimate of drug-likeness (QED) is 0.855. The Labute approximate surface area is 130 Å². The van der Waals surface area contributed by atoms with Gasteiger partial charge < -0.3 is 9.30 Å². The van der Waals surface area contributed by atoms with Crippen LogP contribution in [0.4, 0.5) is 4.79 Å². The van der Waals surface area contributed by atoms with Gasteiger partial charge >= 0.3 is 6.09 Å². The maximum Gasteiger partial charge on any atom is 0.410 e. The molecule has 1 aromatic heterocycles. The summed E-state index contributed by atoms with van der Waals surface area (Å²) in [4.78, 5) is 18.0. The van der Waals surface area contributed by atoms with Crippen molar-refractivity contribution in [3.8, 4) is 0 Å². The van der Waals surface area contributed by atoms with Crippen LogP contribution >= 0.6 is 0 Å². The number of fused-ring (bicyclic) bond motifs is 1. The van der Waals surface area contributed by atoms with Crippen molar-refractivity contribution in [2.75, 3.05) is 0 Å². The highest BCUT2D eigenvalue weighted by atomic mass is 16.6. The van der Waals surface area contributed by atoms with E-state index in [-0.39, 0.29) is 6.09 Å². The number of ether oxygens (including phenoxy) is 1. The van der Waals surface area contributed by atoms with Gasteiger partial charge in [0.2, 0.25) is 0 Å². The van der Waals surface area contributed by atoms with Crippen LogP contribution in [0, 0.1) is 0 Å². The molecule has 0 fully saturated rings. The standard InChI is InChI=1S/C17H21N3O2/c1-17(2,3)22-16(21)20-10-14-5-4-13(8-15(14)11-20)9-19-7-6-18-12-19/h4-8,12H,9-11H2,1-3H3. The smallest absolute Gasteiger partial charge is 0.410 e. The lowest BCUT2D eigenvalue weighted by Gasteiger charge is -2.24. The van der Waals surface area contributed by atoms with E-state index in [1.54, 1.807) is 17.4 Å². The molecule has 1 aromatic carbocycles. The molecule has 0 atom stereocenters. The van der Waals surface area contributed by atoms with Crippen molar-refractivity contribution in [3.63, 3.8) is 0 Å². The molecule has 1 aliphatic rings. The fourth-order valence-corrected chi connectivity index (χ4v) is 2.59. The Kier molecular flexibility index (Phi) is 3.64. The molecule has 116 valence electrons. The number of amides is 1. The van der Waals surface area contributed by atoms with Crippen molar-refractivity contribution in [3.05, 3.63) is 53.6 Å². The Morgan fingerprint density at radius 1 is 1.27 bits per heavy atom. The SMILES string of the molecule is CC(C)(C)OC(=O)N1Cc2ccc(Cn3ccnc3)cc2C1. The van der Waals surface area contributed by atoms with Gasteiger partial charge in [-0.05, 0) is 37.5 Å². The summed E-state index contributed by atoms with van der Waals surface area (Å²) in [6.45, 7) is 7.68. The van der Waals surface area contributed by atoms with Gasteiger partial charge in [0.25, 0.3) is 0 Å². The summed E-state index contributed by atoms with van der Waals surface area (Å²) >= 11 is 0. The molecular weight excluding hydrogens is 278 g/mol. The molecule has 0 N–H and O–H groups in total. The highest BCUT2D eigenvalue weighted by molar-refractivity contribution is 5.69. The zero-order chi connectivity index (χ0) is 15.7. The zero-order valence-electron chi connectivity index (χ0n) is 13.2. The van der Waals surface area contributed by atoms with Gasteiger partial charge in [-0.15, -0.1) is 0 Å². The van der Waals surface area contributed by atoms with Gasteiger partial charge in [-0.2, -0.15) is 0 Å². The average molecular weight is 299 g/mol. The van der Waals surface area contributed by atoms with E-state index in [0.717, 1.165) is 6.54 Å². The third-order valence-corrected chi connectivity index (χ3v) is 3.57. The molecule has 0 saturated carbocycles. The summed E-state index contributed by atoms with van der Waals surface area (Å²) in [5.41, 5.74) is 3.14. The topological polar surface area (TPSA) is 47.4 Å². The molecule has 2 aromatic rings. The predicted octanol–water partition coefficient (Wildman–Crippen LogP) is 3.18. The Hall–Kier alpha value is -2.30.